The predicted octanol–water partition coefficient (Wildman–Crippen LogP) is 2.11. The maximum atomic E-state index is 12.4. The molecule has 0 saturated carbocycles. The van der Waals surface area contributed by atoms with Crippen molar-refractivity contribution in [2.75, 3.05) is 38.6 Å². The van der Waals surface area contributed by atoms with E-state index in [4.69, 9.17) is 0 Å². The SMILES string of the molecule is COC(=O)Nc1ccc(C(=O)N2CCN(C(=O)OI)CC2)cc1. The number of benzene rings is 1. The van der Waals surface area contributed by atoms with Crippen molar-refractivity contribution in [1.29, 1.82) is 0 Å². The van der Waals surface area contributed by atoms with Crippen LogP contribution in [0.2, 0.25) is 0 Å². The number of methoxy groups -OCH3 is 1. The molecule has 0 aliphatic carbocycles. The van der Waals surface area contributed by atoms with Crippen LogP contribution in [-0.4, -0.2) is 61.2 Å². The molecule has 0 spiro atoms. The molecule has 0 unspecified atom stereocenters. The van der Waals surface area contributed by atoms with E-state index in [-0.39, 0.29) is 5.91 Å². The zero-order valence-corrected chi connectivity index (χ0v) is 14.6. The lowest BCUT2D eigenvalue weighted by atomic mass is 10.1. The number of hydrogen-bond acceptors (Lipinski definition) is 5. The van der Waals surface area contributed by atoms with Crippen molar-refractivity contribution < 1.29 is 22.2 Å². The zero-order chi connectivity index (χ0) is 16.8. The molecule has 23 heavy (non-hydrogen) atoms. The number of hydrogen-bond donors (Lipinski definition) is 1. The molecule has 1 aliphatic rings. The Morgan fingerprint density at radius 3 is 2.13 bits per heavy atom. The summed E-state index contributed by atoms with van der Waals surface area (Å²) in [6, 6.07) is 6.54. The summed E-state index contributed by atoms with van der Waals surface area (Å²) in [6.07, 6.45) is -0.960. The van der Waals surface area contributed by atoms with E-state index in [2.05, 4.69) is 13.1 Å². The second-order valence-electron chi connectivity index (χ2n) is 4.82. The molecule has 3 amide bonds. The van der Waals surface area contributed by atoms with Gasteiger partial charge in [0.1, 0.15) is 0 Å². The summed E-state index contributed by atoms with van der Waals surface area (Å²) in [5.41, 5.74) is 1.06. The van der Waals surface area contributed by atoms with Gasteiger partial charge in [-0.2, -0.15) is 0 Å². The Bertz CT molecular complexity index is 585. The van der Waals surface area contributed by atoms with Gasteiger partial charge in [-0.1, -0.05) is 0 Å². The molecule has 124 valence electrons. The second kappa shape index (κ2) is 7.99. The Labute approximate surface area is 147 Å². The van der Waals surface area contributed by atoms with Crippen molar-refractivity contribution in [2.45, 2.75) is 0 Å². The largest absolute Gasteiger partial charge is 0.453 e. The lowest BCUT2D eigenvalue weighted by Gasteiger charge is -2.33. The number of anilines is 1. The van der Waals surface area contributed by atoms with E-state index in [1.54, 1.807) is 57.1 Å². The monoisotopic (exact) mass is 433 g/mol. The molecular weight excluding hydrogens is 417 g/mol. The standard InChI is InChI=1S/C14H16IN3O5/c1-22-13(20)16-11-4-2-10(3-5-11)12(19)17-6-8-18(9-7-17)14(21)23-15/h2-5H,6-9H2,1H3,(H,16,20). The van der Waals surface area contributed by atoms with Gasteiger partial charge in [0.25, 0.3) is 5.91 Å². The van der Waals surface area contributed by atoms with E-state index >= 15 is 0 Å². The highest BCUT2D eigenvalue weighted by atomic mass is 127. The molecule has 8 nitrogen and oxygen atoms in total. The molecule has 9 heteroatoms. The van der Waals surface area contributed by atoms with Crippen molar-refractivity contribution in [2.24, 2.45) is 0 Å². The van der Waals surface area contributed by atoms with Gasteiger partial charge in [-0.15, -0.1) is 0 Å². The molecule has 1 aromatic carbocycles. The molecular formula is C14H16IN3O5. The molecule has 0 aromatic heterocycles. The minimum Gasteiger partial charge on any atom is -0.453 e. The molecule has 1 fully saturated rings. The highest BCUT2D eigenvalue weighted by Crippen LogP contribution is 2.14. The molecule has 0 radical (unpaired) electrons. The molecule has 2 rings (SSSR count). The van der Waals surface area contributed by atoms with Crippen LogP contribution in [0.15, 0.2) is 24.3 Å². The molecule has 1 saturated heterocycles. The van der Waals surface area contributed by atoms with Gasteiger partial charge in [0, 0.05) is 37.4 Å². The topological polar surface area (TPSA) is 88.2 Å². The van der Waals surface area contributed by atoms with E-state index in [1.165, 1.54) is 7.11 Å². The van der Waals surface area contributed by atoms with Crippen LogP contribution in [-0.2, 0) is 7.80 Å². The van der Waals surface area contributed by atoms with Gasteiger partial charge in [0.2, 0.25) is 0 Å². The van der Waals surface area contributed by atoms with Crippen molar-refractivity contribution in [3.05, 3.63) is 29.8 Å². The summed E-state index contributed by atoms with van der Waals surface area (Å²) in [5.74, 6) is -0.114. The number of carbonyl (C=O) groups excluding carboxylic acids is 3. The van der Waals surface area contributed by atoms with Crippen LogP contribution in [0.5, 0.6) is 0 Å². The van der Waals surface area contributed by atoms with Crippen LogP contribution in [0.3, 0.4) is 0 Å². The Morgan fingerprint density at radius 2 is 1.61 bits per heavy atom. The van der Waals surface area contributed by atoms with Gasteiger partial charge in [-0.25, -0.2) is 9.59 Å². The minimum absolute atomic E-state index is 0.114. The van der Waals surface area contributed by atoms with Crippen LogP contribution < -0.4 is 5.32 Å². The first-order valence-corrected chi connectivity index (χ1v) is 7.75. The first-order valence-electron chi connectivity index (χ1n) is 6.87. The number of nitrogens with zero attached hydrogens (tertiary/aromatic N) is 2. The molecule has 0 bridgehead atoms. The van der Waals surface area contributed by atoms with Crippen LogP contribution in [0, 0.1) is 0 Å². The Kier molecular flexibility index (Phi) is 6.02. The highest BCUT2D eigenvalue weighted by molar-refractivity contribution is 14.1. The summed E-state index contributed by atoms with van der Waals surface area (Å²) in [5, 5.41) is 2.52. The van der Waals surface area contributed by atoms with Gasteiger partial charge < -0.3 is 17.6 Å². The number of ether oxygens (including phenoxy) is 1. The fourth-order valence-electron chi connectivity index (χ4n) is 2.19. The number of nitrogens with one attached hydrogen (secondary N) is 1. The molecule has 1 N–H and O–H groups in total. The van der Waals surface area contributed by atoms with E-state index in [1.807, 2.05) is 0 Å². The quantitative estimate of drug-likeness (QED) is 0.723. The third-order valence-corrected chi connectivity index (χ3v) is 3.83. The number of halogens is 1. The summed E-state index contributed by atoms with van der Waals surface area (Å²) < 4.78 is 9.13. The first kappa shape index (κ1) is 17.3. The van der Waals surface area contributed by atoms with Gasteiger partial charge in [-0.3, -0.25) is 10.1 Å². The highest BCUT2D eigenvalue weighted by Gasteiger charge is 2.25. The number of amides is 3. The number of piperazine rings is 1. The predicted molar refractivity (Wildman–Crippen MR) is 90.4 cm³/mol. The van der Waals surface area contributed by atoms with Crippen molar-refractivity contribution in [3.63, 3.8) is 0 Å². The fourth-order valence-corrected chi connectivity index (χ4v) is 2.47. The molecule has 1 aliphatic heterocycles. The lowest BCUT2D eigenvalue weighted by Crippen LogP contribution is -2.50. The molecule has 0 atom stereocenters. The third kappa shape index (κ3) is 4.47. The van der Waals surface area contributed by atoms with Gasteiger partial charge in [0.05, 0.1) is 7.11 Å². The van der Waals surface area contributed by atoms with E-state index in [0.29, 0.717) is 37.4 Å². The fraction of sp³-hybridized carbons (Fsp3) is 0.357. The maximum absolute atomic E-state index is 12.4. The van der Waals surface area contributed by atoms with Crippen molar-refractivity contribution in [1.82, 2.24) is 9.80 Å². The average Bonchev–Trinajstić information content (AvgIpc) is 2.61. The average molecular weight is 433 g/mol. The van der Waals surface area contributed by atoms with Crippen LogP contribution in [0.1, 0.15) is 10.4 Å². The normalized spacial score (nSPS) is 14.2. The zero-order valence-electron chi connectivity index (χ0n) is 12.5. The van der Waals surface area contributed by atoms with Crippen LogP contribution >= 0.6 is 23.0 Å². The molecule has 1 heterocycles. The number of rotatable bonds is 2. The maximum Gasteiger partial charge on any atom is 0.419 e. The van der Waals surface area contributed by atoms with E-state index in [9.17, 15) is 14.4 Å². The molecule has 1 aromatic rings. The van der Waals surface area contributed by atoms with Gasteiger partial charge in [0.15, 0.2) is 23.0 Å². The van der Waals surface area contributed by atoms with Crippen LogP contribution in [0.25, 0.3) is 0 Å². The first-order chi connectivity index (χ1) is 11.0. The van der Waals surface area contributed by atoms with Crippen molar-refractivity contribution in [3.8, 4) is 0 Å². The summed E-state index contributed by atoms with van der Waals surface area (Å²) in [6.45, 7) is 1.78. The number of carbonyl (C=O) groups is 3. The Hall–Kier alpha value is -2.04. The summed E-state index contributed by atoms with van der Waals surface area (Å²) in [4.78, 5) is 38.2. The van der Waals surface area contributed by atoms with E-state index in [0.717, 1.165) is 0 Å². The minimum atomic E-state index is -0.567. The van der Waals surface area contributed by atoms with Crippen LogP contribution in [0.4, 0.5) is 15.3 Å². The third-order valence-electron chi connectivity index (χ3n) is 3.45. The second-order valence-corrected chi connectivity index (χ2v) is 5.26. The smallest absolute Gasteiger partial charge is 0.419 e. The van der Waals surface area contributed by atoms with Crippen molar-refractivity contribution >= 4 is 46.8 Å². The van der Waals surface area contributed by atoms with E-state index < -0.39 is 12.2 Å². The lowest BCUT2D eigenvalue weighted by molar-refractivity contribution is 0.0645. The van der Waals surface area contributed by atoms with Gasteiger partial charge >= 0.3 is 12.2 Å². The van der Waals surface area contributed by atoms with Gasteiger partial charge in [-0.05, 0) is 24.3 Å². The Morgan fingerprint density at radius 1 is 1.04 bits per heavy atom. The Balaban J connectivity index is 1.93. The summed E-state index contributed by atoms with van der Waals surface area (Å²) in [7, 11) is 1.28. The summed E-state index contributed by atoms with van der Waals surface area (Å²) >= 11 is 1.55.